The van der Waals surface area contributed by atoms with E-state index < -0.39 is 6.04 Å². The van der Waals surface area contributed by atoms with E-state index in [4.69, 9.17) is 0 Å². The lowest BCUT2D eigenvalue weighted by Gasteiger charge is -2.37. The Morgan fingerprint density at radius 3 is 2.34 bits per heavy atom. The summed E-state index contributed by atoms with van der Waals surface area (Å²) < 4.78 is 1.70. The summed E-state index contributed by atoms with van der Waals surface area (Å²) in [5.41, 5.74) is 6.91. The van der Waals surface area contributed by atoms with Gasteiger partial charge < -0.3 is 9.80 Å². The third-order valence-corrected chi connectivity index (χ3v) is 8.06. The molecule has 6 rings (SSSR count). The zero-order valence-electron chi connectivity index (χ0n) is 24.8. The Labute approximate surface area is 258 Å². The van der Waals surface area contributed by atoms with Crippen LogP contribution in [0.2, 0.25) is 0 Å². The molecule has 0 aliphatic carbocycles. The Kier molecular flexibility index (Phi) is 8.73. The molecule has 0 unspecified atom stereocenters. The van der Waals surface area contributed by atoms with Crippen LogP contribution in [-0.4, -0.2) is 49.0 Å². The molecule has 3 heterocycles. The first kappa shape index (κ1) is 28.8. The van der Waals surface area contributed by atoms with Gasteiger partial charge in [0.25, 0.3) is 0 Å². The van der Waals surface area contributed by atoms with Crippen LogP contribution >= 0.6 is 0 Å². The molecule has 0 bridgehead atoms. The summed E-state index contributed by atoms with van der Waals surface area (Å²) in [6, 6.07) is 33.2. The van der Waals surface area contributed by atoms with Crippen molar-refractivity contribution in [2.75, 3.05) is 6.54 Å². The number of pyridine rings is 1. The Morgan fingerprint density at radius 1 is 0.864 bits per heavy atom. The average Bonchev–Trinajstić information content (AvgIpc) is 3.50. The van der Waals surface area contributed by atoms with Crippen LogP contribution in [0, 0.1) is 0 Å². The van der Waals surface area contributed by atoms with Crippen LogP contribution in [-0.2, 0) is 42.6 Å². The largest absolute Gasteiger partial charge is 0.336 e. The fourth-order valence-electron chi connectivity index (χ4n) is 5.69. The van der Waals surface area contributed by atoms with Gasteiger partial charge >= 0.3 is 0 Å². The quantitative estimate of drug-likeness (QED) is 0.209. The van der Waals surface area contributed by atoms with Crippen LogP contribution in [0.25, 0.3) is 17.3 Å². The molecule has 2 amide bonds. The monoisotopic (exact) mass is 581 g/mol. The second-order valence-electron chi connectivity index (χ2n) is 11.1. The van der Waals surface area contributed by atoms with Gasteiger partial charge in [-0.1, -0.05) is 84.9 Å². The third kappa shape index (κ3) is 6.84. The number of aryl methyl sites for hydroxylation is 1. The number of rotatable bonds is 9. The van der Waals surface area contributed by atoms with Crippen molar-refractivity contribution in [1.29, 1.82) is 0 Å². The zero-order valence-corrected chi connectivity index (χ0v) is 24.8. The number of hydrogen-bond donors (Lipinski definition) is 0. The van der Waals surface area contributed by atoms with E-state index in [1.165, 1.54) is 11.6 Å². The van der Waals surface area contributed by atoms with Crippen LogP contribution in [0.5, 0.6) is 0 Å². The second kappa shape index (κ2) is 13.3. The number of hydrogen-bond acceptors (Lipinski definition) is 4. The first-order valence-corrected chi connectivity index (χ1v) is 14.9. The minimum atomic E-state index is -0.695. The molecule has 3 aromatic carbocycles. The van der Waals surface area contributed by atoms with Crippen LogP contribution in [0.1, 0.15) is 27.9 Å². The normalized spacial score (nSPS) is 13.4. The van der Waals surface area contributed by atoms with E-state index in [1.807, 2.05) is 109 Å². The summed E-state index contributed by atoms with van der Waals surface area (Å²) in [5.74, 6) is -0.288. The molecule has 0 spiro atoms. The van der Waals surface area contributed by atoms with Crippen LogP contribution < -0.4 is 0 Å². The van der Waals surface area contributed by atoms with Crippen molar-refractivity contribution in [3.8, 4) is 11.3 Å². The SMILES string of the molecule is Cn1ccc(C=CC(=O)N(Cc2ccc(-c3ccccn3)cc2)[C@@H](Cc2ccccc2)C(=O)N2CCc3ccccc3C2)n1. The first-order valence-electron chi connectivity index (χ1n) is 14.9. The predicted octanol–water partition coefficient (Wildman–Crippen LogP) is 5.72. The van der Waals surface area contributed by atoms with Crippen molar-refractivity contribution in [3.63, 3.8) is 0 Å². The lowest BCUT2D eigenvalue weighted by molar-refractivity contribution is -0.144. The van der Waals surface area contributed by atoms with Gasteiger partial charge in [0.05, 0.1) is 11.4 Å². The van der Waals surface area contributed by atoms with Gasteiger partial charge in [-0.2, -0.15) is 5.10 Å². The predicted molar refractivity (Wildman–Crippen MR) is 172 cm³/mol. The van der Waals surface area contributed by atoms with E-state index in [2.05, 4.69) is 22.2 Å². The number of benzene rings is 3. The maximum absolute atomic E-state index is 14.4. The molecule has 2 aromatic heterocycles. The number of amides is 2. The highest BCUT2D eigenvalue weighted by atomic mass is 16.2. The van der Waals surface area contributed by atoms with Crippen molar-refractivity contribution in [2.24, 2.45) is 7.05 Å². The molecule has 0 N–H and O–H groups in total. The van der Waals surface area contributed by atoms with Crippen molar-refractivity contribution in [3.05, 3.63) is 150 Å². The van der Waals surface area contributed by atoms with Crippen LogP contribution in [0.3, 0.4) is 0 Å². The summed E-state index contributed by atoms with van der Waals surface area (Å²) in [6.45, 7) is 1.43. The molecule has 0 radical (unpaired) electrons. The molecular weight excluding hydrogens is 546 g/mol. The van der Waals surface area contributed by atoms with Gasteiger partial charge in [0.2, 0.25) is 11.8 Å². The molecule has 0 saturated heterocycles. The maximum Gasteiger partial charge on any atom is 0.247 e. The minimum Gasteiger partial charge on any atom is -0.336 e. The minimum absolute atomic E-state index is 0.0481. The van der Waals surface area contributed by atoms with Gasteiger partial charge in [-0.3, -0.25) is 19.3 Å². The molecule has 0 saturated carbocycles. The second-order valence-corrected chi connectivity index (χ2v) is 11.1. The average molecular weight is 582 g/mol. The van der Waals surface area contributed by atoms with Crippen molar-refractivity contribution < 1.29 is 9.59 Å². The van der Waals surface area contributed by atoms with E-state index in [0.717, 1.165) is 34.4 Å². The summed E-state index contributed by atoms with van der Waals surface area (Å²) in [7, 11) is 1.84. The topological polar surface area (TPSA) is 71.3 Å². The zero-order chi connectivity index (χ0) is 30.3. The van der Waals surface area contributed by atoms with Gasteiger partial charge in [-0.25, -0.2) is 0 Å². The summed E-state index contributed by atoms with van der Waals surface area (Å²) in [6.07, 6.45) is 8.05. The fraction of sp³-hybridized carbons (Fsp3) is 0.189. The maximum atomic E-state index is 14.4. The Hall–Kier alpha value is -5.30. The van der Waals surface area contributed by atoms with Gasteiger partial charge in [0, 0.05) is 57.1 Å². The number of nitrogens with zero attached hydrogens (tertiary/aromatic N) is 5. The van der Waals surface area contributed by atoms with Crippen molar-refractivity contribution in [2.45, 2.75) is 32.0 Å². The highest BCUT2D eigenvalue weighted by molar-refractivity contribution is 5.95. The summed E-state index contributed by atoms with van der Waals surface area (Å²) in [5, 5.41) is 4.38. The van der Waals surface area contributed by atoms with E-state index in [9.17, 15) is 9.59 Å². The molecule has 1 aliphatic heterocycles. The fourth-order valence-corrected chi connectivity index (χ4v) is 5.69. The number of aromatic nitrogens is 3. The van der Waals surface area contributed by atoms with E-state index in [1.54, 1.807) is 21.9 Å². The highest BCUT2D eigenvalue weighted by Gasteiger charge is 2.34. The third-order valence-electron chi connectivity index (χ3n) is 8.06. The van der Waals surface area contributed by atoms with Gasteiger partial charge in [0.1, 0.15) is 6.04 Å². The standard InChI is InChI=1S/C37H35N5O2/c1-40-23-21-33(39-40)18-19-36(43)42(26-29-14-16-31(17-15-29)34-13-7-8-22-38-34)35(25-28-9-3-2-4-10-28)37(44)41-24-20-30-11-5-6-12-32(30)27-41/h2-19,21-23,35H,20,24-27H2,1H3/t35-/m0/s1. The lowest BCUT2D eigenvalue weighted by atomic mass is 9.97. The molecule has 44 heavy (non-hydrogen) atoms. The molecule has 0 fully saturated rings. The van der Waals surface area contributed by atoms with Crippen molar-refractivity contribution in [1.82, 2.24) is 24.6 Å². The lowest BCUT2D eigenvalue weighted by Crippen LogP contribution is -2.52. The molecule has 1 aliphatic rings. The number of carbonyl (C=O) groups is 2. The smallest absolute Gasteiger partial charge is 0.247 e. The summed E-state index contributed by atoms with van der Waals surface area (Å²) in [4.78, 5) is 36.6. The molecule has 7 nitrogen and oxygen atoms in total. The van der Waals surface area contributed by atoms with Gasteiger partial charge in [-0.15, -0.1) is 0 Å². The number of carbonyl (C=O) groups excluding carboxylic acids is 2. The molecule has 7 heteroatoms. The van der Waals surface area contributed by atoms with Gasteiger partial charge in [-0.05, 0) is 52.9 Å². The van der Waals surface area contributed by atoms with Crippen LogP contribution in [0.4, 0.5) is 0 Å². The first-order chi connectivity index (χ1) is 21.5. The molecule has 1 atom stereocenters. The summed E-state index contributed by atoms with van der Waals surface area (Å²) >= 11 is 0. The van der Waals surface area contributed by atoms with Crippen LogP contribution in [0.15, 0.2) is 122 Å². The van der Waals surface area contributed by atoms with Gasteiger partial charge in [0.15, 0.2) is 0 Å². The molecule has 220 valence electrons. The molecule has 5 aromatic rings. The Balaban J connectivity index is 1.34. The highest BCUT2D eigenvalue weighted by Crippen LogP contribution is 2.24. The van der Waals surface area contributed by atoms with E-state index in [-0.39, 0.29) is 18.4 Å². The number of fused-ring (bicyclic) bond motifs is 1. The van der Waals surface area contributed by atoms with E-state index >= 15 is 0 Å². The van der Waals surface area contributed by atoms with E-state index in [0.29, 0.717) is 25.2 Å². The Bertz CT molecular complexity index is 1750. The Morgan fingerprint density at radius 2 is 1.61 bits per heavy atom. The van der Waals surface area contributed by atoms with Crippen molar-refractivity contribution >= 4 is 17.9 Å². The molecular formula is C37H35N5O2.